The lowest BCUT2D eigenvalue weighted by atomic mass is 10.0. The maximum absolute atomic E-state index is 12.3. The summed E-state index contributed by atoms with van der Waals surface area (Å²) in [4.78, 5) is 10.5. The van der Waals surface area contributed by atoms with E-state index in [1.165, 1.54) is 18.2 Å². The molecular weight excluding hydrogens is 220 g/mol. The number of halogens is 2. The molecule has 1 rings (SSSR count). The van der Waals surface area contributed by atoms with Gasteiger partial charge in [-0.3, -0.25) is 4.79 Å². The van der Waals surface area contributed by atoms with Gasteiger partial charge in [0.2, 0.25) is 0 Å². The molecule has 0 aliphatic carbocycles. The lowest BCUT2D eigenvalue weighted by molar-refractivity contribution is -0.141. The minimum Gasteiger partial charge on any atom is -0.480 e. The van der Waals surface area contributed by atoms with Crippen LogP contribution in [0.1, 0.15) is 23.7 Å². The van der Waals surface area contributed by atoms with E-state index in [9.17, 15) is 18.7 Å². The fraction of sp³-hybridized carbons (Fsp3) is 0.300. The Morgan fingerprint density at radius 3 is 2.38 bits per heavy atom. The van der Waals surface area contributed by atoms with Gasteiger partial charge in [-0.1, -0.05) is 18.2 Å². The summed E-state index contributed by atoms with van der Waals surface area (Å²) >= 11 is 0. The van der Waals surface area contributed by atoms with Gasteiger partial charge in [0.05, 0.1) is 0 Å². The monoisotopic (exact) mass is 231 g/mol. The van der Waals surface area contributed by atoms with Gasteiger partial charge in [-0.05, 0) is 11.6 Å². The van der Waals surface area contributed by atoms with Crippen LogP contribution in [0.5, 0.6) is 0 Å². The maximum Gasteiger partial charge on any atom is 0.323 e. The number of hydrogen-bond donors (Lipinski definition) is 3. The predicted molar refractivity (Wildman–Crippen MR) is 52.0 cm³/mol. The number of carboxylic acids is 1. The summed E-state index contributed by atoms with van der Waals surface area (Å²) in [5.74, 6) is -1.39. The molecule has 0 heterocycles. The molecule has 0 aromatic heterocycles. The molecule has 1 aromatic rings. The van der Waals surface area contributed by atoms with E-state index < -0.39 is 24.5 Å². The summed E-state index contributed by atoms with van der Waals surface area (Å²) in [5.41, 5.74) is 4.96. The highest BCUT2D eigenvalue weighted by Crippen LogP contribution is 2.23. The van der Waals surface area contributed by atoms with Gasteiger partial charge in [-0.25, -0.2) is 8.78 Å². The maximum atomic E-state index is 12.3. The number of carboxylic acid groups (broad SMARTS) is 1. The Morgan fingerprint density at radius 1 is 1.31 bits per heavy atom. The third kappa shape index (κ3) is 2.74. The van der Waals surface area contributed by atoms with E-state index in [-0.39, 0.29) is 11.1 Å². The Bertz CT molecular complexity index is 384. The molecule has 0 spiro atoms. The molecular formula is C10H11F2NO3. The van der Waals surface area contributed by atoms with E-state index in [1.54, 1.807) is 0 Å². The molecule has 0 amide bonds. The van der Waals surface area contributed by atoms with Crippen LogP contribution in [-0.4, -0.2) is 22.2 Å². The van der Waals surface area contributed by atoms with Gasteiger partial charge in [0, 0.05) is 5.56 Å². The Kier molecular flexibility index (Phi) is 3.92. The molecule has 1 aromatic carbocycles. The quantitative estimate of drug-likeness (QED) is 0.723. The number of alkyl halides is 2. The Labute approximate surface area is 90.3 Å². The van der Waals surface area contributed by atoms with Crippen LogP contribution in [0.15, 0.2) is 24.3 Å². The standard InChI is InChI=1S/C10H11F2NO3/c11-9(12)6-3-1-2-5(4-6)8(14)7(13)10(15)16/h1-4,7-9,14H,13H2,(H,15,16). The van der Waals surface area contributed by atoms with Crippen LogP contribution in [0.3, 0.4) is 0 Å². The number of aliphatic hydroxyl groups is 1. The van der Waals surface area contributed by atoms with Crippen molar-refractivity contribution in [1.82, 2.24) is 0 Å². The number of carbonyl (C=O) groups is 1. The van der Waals surface area contributed by atoms with Crippen molar-refractivity contribution >= 4 is 5.97 Å². The first-order chi connectivity index (χ1) is 7.43. The number of nitrogens with two attached hydrogens (primary N) is 1. The second-order valence-electron chi connectivity index (χ2n) is 3.28. The summed E-state index contributed by atoms with van der Waals surface area (Å²) in [5, 5.41) is 18.1. The predicted octanol–water partition coefficient (Wildman–Crippen LogP) is 1.07. The van der Waals surface area contributed by atoms with E-state index in [0.717, 1.165) is 6.07 Å². The van der Waals surface area contributed by atoms with Crippen molar-refractivity contribution in [3.05, 3.63) is 35.4 Å². The van der Waals surface area contributed by atoms with Gasteiger partial charge in [0.25, 0.3) is 6.43 Å². The summed E-state index contributed by atoms with van der Waals surface area (Å²) in [7, 11) is 0. The molecule has 4 nitrogen and oxygen atoms in total. The van der Waals surface area contributed by atoms with Crippen molar-refractivity contribution in [3.63, 3.8) is 0 Å². The Hall–Kier alpha value is -1.53. The fourth-order valence-corrected chi connectivity index (χ4v) is 1.22. The van der Waals surface area contributed by atoms with Crippen LogP contribution >= 0.6 is 0 Å². The number of hydrogen-bond acceptors (Lipinski definition) is 3. The van der Waals surface area contributed by atoms with Gasteiger partial charge in [-0.2, -0.15) is 0 Å². The van der Waals surface area contributed by atoms with E-state index >= 15 is 0 Å². The molecule has 16 heavy (non-hydrogen) atoms. The van der Waals surface area contributed by atoms with Crippen LogP contribution in [-0.2, 0) is 4.79 Å². The topological polar surface area (TPSA) is 83.6 Å². The molecule has 6 heteroatoms. The first-order valence-electron chi connectivity index (χ1n) is 4.48. The fourth-order valence-electron chi connectivity index (χ4n) is 1.22. The van der Waals surface area contributed by atoms with Gasteiger partial charge in [0.1, 0.15) is 12.1 Å². The molecule has 0 radical (unpaired) electrons. The molecule has 2 unspecified atom stereocenters. The molecule has 0 bridgehead atoms. The zero-order valence-corrected chi connectivity index (χ0v) is 8.18. The van der Waals surface area contributed by atoms with E-state index in [4.69, 9.17) is 10.8 Å². The molecule has 88 valence electrons. The largest absolute Gasteiger partial charge is 0.480 e. The summed E-state index contributed by atoms with van der Waals surface area (Å²) in [6.07, 6.45) is -4.18. The number of benzene rings is 1. The molecule has 0 saturated heterocycles. The van der Waals surface area contributed by atoms with E-state index in [1.807, 2.05) is 0 Å². The SMILES string of the molecule is NC(C(=O)O)C(O)c1cccc(C(F)F)c1. The second kappa shape index (κ2) is 5.00. The Morgan fingerprint density at radius 2 is 1.88 bits per heavy atom. The van der Waals surface area contributed by atoms with E-state index in [0.29, 0.717) is 0 Å². The Balaban J connectivity index is 2.95. The van der Waals surface area contributed by atoms with Crippen molar-refractivity contribution in [1.29, 1.82) is 0 Å². The number of aliphatic carboxylic acids is 1. The molecule has 0 aliphatic rings. The molecule has 0 saturated carbocycles. The zero-order chi connectivity index (χ0) is 12.3. The molecule has 4 N–H and O–H groups in total. The van der Waals surface area contributed by atoms with Crippen LogP contribution in [0, 0.1) is 0 Å². The average Bonchev–Trinajstić information content (AvgIpc) is 2.27. The third-order valence-corrected chi connectivity index (χ3v) is 2.13. The zero-order valence-electron chi connectivity index (χ0n) is 8.18. The highest BCUT2D eigenvalue weighted by Gasteiger charge is 2.24. The average molecular weight is 231 g/mol. The molecule has 2 atom stereocenters. The first-order valence-corrected chi connectivity index (χ1v) is 4.48. The van der Waals surface area contributed by atoms with Crippen molar-refractivity contribution in [2.75, 3.05) is 0 Å². The smallest absolute Gasteiger partial charge is 0.323 e. The third-order valence-electron chi connectivity index (χ3n) is 2.13. The normalized spacial score (nSPS) is 14.8. The van der Waals surface area contributed by atoms with Gasteiger partial charge in [-0.15, -0.1) is 0 Å². The molecule has 0 fully saturated rings. The van der Waals surface area contributed by atoms with Crippen LogP contribution in [0.2, 0.25) is 0 Å². The van der Waals surface area contributed by atoms with Crippen LogP contribution in [0.25, 0.3) is 0 Å². The van der Waals surface area contributed by atoms with Gasteiger partial charge >= 0.3 is 5.97 Å². The van der Waals surface area contributed by atoms with Crippen molar-refractivity contribution < 1.29 is 23.8 Å². The van der Waals surface area contributed by atoms with Gasteiger partial charge < -0.3 is 15.9 Å². The van der Waals surface area contributed by atoms with Gasteiger partial charge in [0.15, 0.2) is 0 Å². The van der Waals surface area contributed by atoms with E-state index in [2.05, 4.69) is 0 Å². The lowest BCUT2D eigenvalue weighted by Gasteiger charge is -2.15. The number of rotatable bonds is 4. The summed E-state index contributed by atoms with van der Waals surface area (Å²) in [6, 6.07) is 3.35. The van der Waals surface area contributed by atoms with Crippen molar-refractivity contribution in [2.45, 2.75) is 18.6 Å². The number of aliphatic hydroxyl groups excluding tert-OH is 1. The summed E-state index contributed by atoms with van der Waals surface area (Å²) in [6.45, 7) is 0. The second-order valence-corrected chi connectivity index (χ2v) is 3.28. The molecule has 0 aliphatic heterocycles. The summed E-state index contributed by atoms with van der Waals surface area (Å²) < 4.78 is 24.7. The van der Waals surface area contributed by atoms with Crippen molar-refractivity contribution in [3.8, 4) is 0 Å². The lowest BCUT2D eigenvalue weighted by Crippen LogP contribution is -2.36. The first kappa shape index (κ1) is 12.5. The van der Waals surface area contributed by atoms with Crippen molar-refractivity contribution in [2.24, 2.45) is 5.73 Å². The highest BCUT2D eigenvalue weighted by molar-refractivity contribution is 5.74. The van der Waals surface area contributed by atoms with Crippen LogP contribution < -0.4 is 5.73 Å². The minimum absolute atomic E-state index is 0.0627. The highest BCUT2D eigenvalue weighted by atomic mass is 19.3. The minimum atomic E-state index is -2.67. The van der Waals surface area contributed by atoms with Crippen LogP contribution in [0.4, 0.5) is 8.78 Å².